The van der Waals surface area contributed by atoms with Crippen LogP contribution in [0.15, 0.2) is 47.7 Å². The van der Waals surface area contributed by atoms with Gasteiger partial charge in [-0.25, -0.2) is 4.79 Å². The minimum Gasteiger partial charge on any atom is -0.509 e. The summed E-state index contributed by atoms with van der Waals surface area (Å²) in [6.07, 6.45) is 3.14. The maximum absolute atomic E-state index is 12.9. The Bertz CT molecular complexity index is 933. The smallest absolute Gasteiger partial charge is 0.345 e. The van der Waals surface area contributed by atoms with Crippen molar-refractivity contribution in [2.75, 3.05) is 7.11 Å². The Kier molecular flexibility index (Phi) is 3.92. The molecule has 5 nitrogen and oxygen atoms in total. The van der Waals surface area contributed by atoms with E-state index in [1.165, 1.54) is 7.11 Å². The molecule has 4 rings (SSSR count). The average molecular weight is 372 g/mol. The second-order valence-corrected chi connectivity index (χ2v) is 7.17. The van der Waals surface area contributed by atoms with Crippen LogP contribution in [0.1, 0.15) is 36.2 Å². The van der Waals surface area contributed by atoms with Gasteiger partial charge in [-0.05, 0) is 42.7 Å². The van der Waals surface area contributed by atoms with E-state index in [9.17, 15) is 14.7 Å². The normalized spacial score (nSPS) is 18.3. The fourth-order valence-electron chi connectivity index (χ4n) is 4.21. The molecule has 1 aliphatic heterocycles. The van der Waals surface area contributed by atoms with E-state index in [0.717, 1.165) is 24.1 Å². The molecule has 1 aromatic heterocycles. The van der Waals surface area contributed by atoms with Gasteiger partial charge in [0.2, 0.25) is 5.78 Å². The molecule has 2 aliphatic rings. The molecule has 0 amide bonds. The third-order valence-corrected chi connectivity index (χ3v) is 5.66. The topological polar surface area (TPSA) is 68.5 Å². The SMILES string of the molecule is COC(=O)C1=C(O)C2(CCCC2)n2c(ccc2-c2ccc(Cl)cc2)C1=O. The van der Waals surface area contributed by atoms with Gasteiger partial charge in [-0.2, -0.15) is 0 Å². The highest BCUT2D eigenvalue weighted by Crippen LogP contribution is 2.49. The lowest BCUT2D eigenvalue weighted by Gasteiger charge is -2.38. The van der Waals surface area contributed by atoms with Crippen LogP contribution in [0.3, 0.4) is 0 Å². The molecule has 0 atom stereocenters. The van der Waals surface area contributed by atoms with E-state index >= 15 is 0 Å². The number of aliphatic hydroxyl groups excluding tert-OH is 1. The first-order valence-corrected chi connectivity index (χ1v) is 8.92. The average Bonchev–Trinajstić information content (AvgIpc) is 3.29. The number of nitrogens with zero attached hydrogens (tertiary/aromatic N) is 1. The number of carbonyl (C=O) groups excluding carboxylic acids is 2. The van der Waals surface area contributed by atoms with Crippen molar-refractivity contribution in [3.63, 3.8) is 0 Å². The van der Waals surface area contributed by atoms with Gasteiger partial charge in [-0.15, -0.1) is 0 Å². The fraction of sp³-hybridized carbons (Fsp3) is 0.300. The first kappa shape index (κ1) is 16.9. The van der Waals surface area contributed by atoms with E-state index in [1.807, 2.05) is 22.8 Å². The second kappa shape index (κ2) is 6.02. The molecule has 1 saturated carbocycles. The van der Waals surface area contributed by atoms with E-state index < -0.39 is 17.3 Å². The third-order valence-electron chi connectivity index (χ3n) is 5.41. The van der Waals surface area contributed by atoms with Crippen molar-refractivity contribution in [2.24, 2.45) is 0 Å². The molecule has 1 aliphatic carbocycles. The van der Waals surface area contributed by atoms with Gasteiger partial charge < -0.3 is 14.4 Å². The zero-order chi connectivity index (χ0) is 18.5. The van der Waals surface area contributed by atoms with Crippen LogP contribution in [-0.2, 0) is 15.1 Å². The molecule has 2 heterocycles. The summed E-state index contributed by atoms with van der Waals surface area (Å²) in [7, 11) is 1.21. The van der Waals surface area contributed by atoms with Crippen molar-refractivity contribution in [3.05, 3.63) is 58.4 Å². The summed E-state index contributed by atoms with van der Waals surface area (Å²) in [6, 6.07) is 10.9. The first-order chi connectivity index (χ1) is 12.5. The maximum atomic E-state index is 12.9. The van der Waals surface area contributed by atoms with Crippen molar-refractivity contribution in [1.29, 1.82) is 0 Å². The molecule has 1 N–H and O–H groups in total. The quantitative estimate of drug-likeness (QED) is 0.632. The molecule has 2 aromatic rings. The van der Waals surface area contributed by atoms with Crippen molar-refractivity contribution >= 4 is 23.4 Å². The Morgan fingerprint density at radius 3 is 2.35 bits per heavy atom. The van der Waals surface area contributed by atoms with Crippen molar-refractivity contribution in [1.82, 2.24) is 4.57 Å². The summed E-state index contributed by atoms with van der Waals surface area (Å²) in [4.78, 5) is 25.1. The molecule has 1 spiro atoms. The van der Waals surface area contributed by atoms with E-state index in [0.29, 0.717) is 23.6 Å². The number of fused-ring (bicyclic) bond motifs is 2. The molecule has 1 aromatic carbocycles. The van der Waals surface area contributed by atoms with Crippen LogP contribution in [0.2, 0.25) is 5.02 Å². The first-order valence-electron chi connectivity index (χ1n) is 8.54. The van der Waals surface area contributed by atoms with E-state index in [-0.39, 0.29) is 11.3 Å². The molecule has 0 radical (unpaired) electrons. The molecular weight excluding hydrogens is 354 g/mol. The maximum Gasteiger partial charge on any atom is 0.345 e. The third kappa shape index (κ3) is 2.23. The molecule has 6 heteroatoms. The second-order valence-electron chi connectivity index (χ2n) is 6.73. The number of ketones is 1. The van der Waals surface area contributed by atoms with Crippen molar-refractivity contribution in [2.45, 2.75) is 31.2 Å². The zero-order valence-corrected chi connectivity index (χ0v) is 15.0. The Hall–Kier alpha value is -2.53. The standard InChI is InChI=1S/C20H18ClNO4/c1-26-19(25)16-17(23)15-9-8-14(12-4-6-13(21)7-5-12)22(15)20(18(16)24)10-2-3-11-20/h4-9,24H,2-3,10-11H2,1H3. The number of aliphatic hydroxyl groups is 1. The van der Waals surface area contributed by atoms with E-state index in [1.54, 1.807) is 18.2 Å². The number of esters is 1. The summed E-state index contributed by atoms with van der Waals surface area (Å²) >= 11 is 5.99. The number of hydrogen-bond donors (Lipinski definition) is 1. The number of benzene rings is 1. The van der Waals surface area contributed by atoms with Crippen LogP contribution in [-0.4, -0.2) is 28.5 Å². The Balaban J connectivity index is 1.97. The number of methoxy groups -OCH3 is 1. The number of allylic oxidation sites excluding steroid dienone is 1. The Morgan fingerprint density at radius 2 is 1.73 bits per heavy atom. The van der Waals surface area contributed by atoms with Crippen molar-refractivity contribution < 1.29 is 19.4 Å². The van der Waals surface area contributed by atoms with Gasteiger partial charge >= 0.3 is 5.97 Å². The Morgan fingerprint density at radius 1 is 1.12 bits per heavy atom. The molecular formula is C20H18ClNO4. The predicted octanol–water partition coefficient (Wildman–Crippen LogP) is 4.26. The highest BCUT2D eigenvalue weighted by molar-refractivity contribution is 6.30. The predicted molar refractivity (Wildman–Crippen MR) is 97.3 cm³/mol. The lowest BCUT2D eigenvalue weighted by Crippen LogP contribution is -2.42. The van der Waals surface area contributed by atoms with Gasteiger partial charge in [0.25, 0.3) is 0 Å². The van der Waals surface area contributed by atoms with Crippen LogP contribution in [0, 0.1) is 0 Å². The van der Waals surface area contributed by atoms with Crippen LogP contribution in [0.4, 0.5) is 0 Å². The van der Waals surface area contributed by atoms with Crippen LogP contribution >= 0.6 is 11.6 Å². The highest BCUT2D eigenvalue weighted by Gasteiger charge is 2.50. The molecule has 0 unspecified atom stereocenters. The van der Waals surface area contributed by atoms with E-state index in [2.05, 4.69) is 0 Å². The molecule has 0 bridgehead atoms. The number of rotatable bonds is 2. The monoisotopic (exact) mass is 371 g/mol. The summed E-state index contributed by atoms with van der Waals surface area (Å²) in [6.45, 7) is 0. The fourth-order valence-corrected chi connectivity index (χ4v) is 4.33. The molecule has 0 saturated heterocycles. The molecule has 134 valence electrons. The minimum absolute atomic E-state index is 0.175. The van der Waals surface area contributed by atoms with Crippen LogP contribution < -0.4 is 0 Å². The van der Waals surface area contributed by atoms with Gasteiger partial charge in [0.15, 0.2) is 0 Å². The Labute approximate surface area is 155 Å². The summed E-state index contributed by atoms with van der Waals surface area (Å²) in [5.74, 6) is -1.47. The molecule has 26 heavy (non-hydrogen) atoms. The highest BCUT2D eigenvalue weighted by atomic mass is 35.5. The number of hydrogen-bond acceptors (Lipinski definition) is 4. The number of Topliss-reactive ketones (excluding diaryl/α,β-unsaturated/α-hetero) is 1. The van der Waals surface area contributed by atoms with E-state index in [4.69, 9.17) is 16.3 Å². The number of halogens is 1. The zero-order valence-electron chi connectivity index (χ0n) is 14.3. The van der Waals surface area contributed by atoms with Gasteiger partial charge in [0.05, 0.1) is 12.8 Å². The lowest BCUT2D eigenvalue weighted by molar-refractivity contribution is -0.136. The van der Waals surface area contributed by atoms with Gasteiger partial charge in [0.1, 0.15) is 16.9 Å². The minimum atomic E-state index is -0.792. The number of carbonyl (C=O) groups is 2. The van der Waals surface area contributed by atoms with Gasteiger partial charge in [-0.1, -0.05) is 36.6 Å². The van der Waals surface area contributed by atoms with Gasteiger partial charge in [0, 0.05) is 10.7 Å². The van der Waals surface area contributed by atoms with Crippen molar-refractivity contribution in [3.8, 4) is 11.3 Å². The van der Waals surface area contributed by atoms with Crippen LogP contribution in [0.25, 0.3) is 11.3 Å². The number of ether oxygens (including phenoxy) is 1. The van der Waals surface area contributed by atoms with Gasteiger partial charge in [-0.3, -0.25) is 4.79 Å². The summed E-state index contributed by atoms with van der Waals surface area (Å²) < 4.78 is 6.65. The number of aromatic nitrogens is 1. The molecule has 1 fully saturated rings. The lowest BCUT2D eigenvalue weighted by atomic mass is 9.85. The van der Waals surface area contributed by atoms with Crippen LogP contribution in [0.5, 0.6) is 0 Å². The summed E-state index contributed by atoms with van der Waals surface area (Å²) in [5, 5.41) is 11.6. The largest absolute Gasteiger partial charge is 0.509 e. The summed E-state index contributed by atoms with van der Waals surface area (Å²) in [5.41, 5.74) is 1.08.